The summed E-state index contributed by atoms with van der Waals surface area (Å²) in [5.41, 5.74) is 6.82. The van der Waals surface area contributed by atoms with Gasteiger partial charge in [-0.1, -0.05) is 0 Å². The molecule has 0 unspecified atom stereocenters. The van der Waals surface area contributed by atoms with Gasteiger partial charge in [0.25, 0.3) is 0 Å². The van der Waals surface area contributed by atoms with E-state index in [1.165, 1.54) is 35.1 Å². The molecule has 0 aliphatic heterocycles. The van der Waals surface area contributed by atoms with Gasteiger partial charge in [-0.3, -0.25) is 4.79 Å². The molecule has 1 aromatic rings. The second-order valence-corrected chi connectivity index (χ2v) is 5.45. The van der Waals surface area contributed by atoms with Crippen LogP contribution in [0.3, 0.4) is 0 Å². The predicted octanol–water partition coefficient (Wildman–Crippen LogP) is 2.88. The van der Waals surface area contributed by atoms with Gasteiger partial charge in [0.15, 0.2) is 0 Å². The van der Waals surface area contributed by atoms with E-state index in [1.807, 2.05) is 0 Å². The van der Waals surface area contributed by atoms with E-state index < -0.39 is 0 Å². The Balaban J connectivity index is 2.29. The van der Waals surface area contributed by atoms with Gasteiger partial charge < -0.3 is 5.32 Å². The van der Waals surface area contributed by atoms with Crippen LogP contribution in [-0.2, 0) is 30.5 Å². The third-order valence-electron chi connectivity index (χ3n) is 4.47. The fourth-order valence-electron chi connectivity index (χ4n) is 3.67. The van der Waals surface area contributed by atoms with E-state index in [0.29, 0.717) is 6.41 Å². The van der Waals surface area contributed by atoms with Crippen molar-refractivity contribution in [2.75, 3.05) is 5.32 Å². The standard InChI is InChI=1S/C16H18N2O/c17-9-15-13-7-2-1-5-11(13)12-6-3-4-8-14(12)16(15)18-10-19/h10H,1-8H2,(H,18,19). The molecule has 0 spiro atoms. The summed E-state index contributed by atoms with van der Waals surface area (Å²) in [6.45, 7) is 0. The Morgan fingerprint density at radius 1 is 0.895 bits per heavy atom. The zero-order chi connectivity index (χ0) is 13.2. The third-order valence-corrected chi connectivity index (χ3v) is 4.47. The van der Waals surface area contributed by atoms with Gasteiger partial charge in [-0.15, -0.1) is 0 Å². The first-order valence-electron chi connectivity index (χ1n) is 7.16. The minimum Gasteiger partial charge on any atom is -0.327 e. The summed E-state index contributed by atoms with van der Waals surface area (Å²) in [6, 6.07) is 2.34. The van der Waals surface area contributed by atoms with E-state index in [2.05, 4.69) is 11.4 Å². The molecule has 0 heterocycles. The Kier molecular flexibility index (Phi) is 3.25. The molecule has 0 saturated carbocycles. The molecular formula is C16H18N2O. The van der Waals surface area contributed by atoms with Crippen molar-refractivity contribution in [3.63, 3.8) is 0 Å². The second-order valence-electron chi connectivity index (χ2n) is 5.45. The van der Waals surface area contributed by atoms with E-state index in [4.69, 9.17) is 0 Å². The highest BCUT2D eigenvalue weighted by molar-refractivity contribution is 5.81. The molecule has 3 nitrogen and oxygen atoms in total. The number of anilines is 1. The SMILES string of the molecule is N#Cc1c2c(c3c(c1NC=O)CCCC3)CCCC2. The molecule has 1 aromatic carbocycles. The van der Waals surface area contributed by atoms with Gasteiger partial charge in [-0.2, -0.15) is 5.26 Å². The zero-order valence-corrected chi connectivity index (χ0v) is 11.1. The first kappa shape index (κ1) is 12.2. The van der Waals surface area contributed by atoms with Crippen molar-refractivity contribution in [1.82, 2.24) is 0 Å². The van der Waals surface area contributed by atoms with E-state index in [0.717, 1.165) is 49.8 Å². The van der Waals surface area contributed by atoms with E-state index in [-0.39, 0.29) is 0 Å². The lowest BCUT2D eigenvalue weighted by Crippen LogP contribution is -2.18. The summed E-state index contributed by atoms with van der Waals surface area (Å²) < 4.78 is 0. The van der Waals surface area contributed by atoms with E-state index >= 15 is 0 Å². The van der Waals surface area contributed by atoms with Crippen molar-refractivity contribution in [2.45, 2.75) is 51.4 Å². The van der Waals surface area contributed by atoms with Crippen LogP contribution in [0.2, 0.25) is 0 Å². The highest BCUT2D eigenvalue weighted by Crippen LogP contribution is 2.39. The lowest BCUT2D eigenvalue weighted by Gasteiger charge is -2.29. The van der Waals surface area contributed by atoms with Crippen molar-refractivity contribution in [3.05, 3.63) is 27.8 Å². The van der Waals surface area contributed by atoms with E-state index in [1.54, 1.807) is 0 Å². The topological polar surface area (TPSA) is 52.9 Å². The largest absolute Gasteiger partial charge is 0.327 e. The maximum atomic E-state index is 10.9. The molecule has 1 N–H and O–H groups in total. The molecule has 0 fully saturated rings. The number of benzene rings is 1. The van der Waals surface area contributed by atoms with E-state index in [9.17, 15) is 10.1 Å². The summed E-state index contributed by atoms with van der Waals surface area (Å²) in [6.07, 6.45) is 9.67. The number of carbonyl (C=O) groups is 1. The summed E-state index contributed by atoms with van der Waals surface area (Å²) in [5, 5.41) is 12.3. The van der Waals surface area contributed by atoms with Crippen molar-refractivity contribution >= 4 is 12.1 Å². The van der Waals surface area contributed by atoms with Crippen molar-refractivity contribution in [1.29, 1.82) is 5.26 Å². The molecule has 19 heavy (non-hydrogen) atoms. The molecule has 98 valence electrons. The number of amides is 1. The first-order chi connectivity index (χ1) is 9.36. The molecule has 0 radical (unpaired) electrons. The first-order valence-corrected chi connectivity index (χ1v) is 7.16. The lowest BCUT2D eigenvalue weighted by atomic mass is 9.77. The molecule has 1 amide bonds. The van der Waals surface area contributed by atoms with Crippen molar-refractivity contribution in [3.8, 4) is 6.07 Å². The molecule has 0 bridgehead atoms. The monoisotopic (exact) mass is 254 g/mol. The minimum absolute atomic E-state index is 0.709. The molecule has 2 aliphatic rings. The zero-order valence-electron chi connectivity index (χ0n) is 11.1. The summed E-state index contributed by atoms with van der Waals surface area (Å²) >= 11 is 0. The van der Waals surface area contributed by atoms with Gasteiger partial charge in [-0.25, -0.2) is 0 Å². The van der Waals surface area contributed by atoms with Gasteiger partial charge >= 0.3 is 0 Å². The maximum absolute atomic E-state index is 10.9. The van der Waals surface area contributed by atoms with Crippen LogP contribution in [0.1, 0.15) is 53.5 Å². The molecule has 3 rings (SSSR count). The summed E-state index contributed by atoms with van der Waals surface area (Å²) in [5.74, 6) is 0. The number of carbonyl (C=O) groups excluding carboxylic acids is 1. The van der Waals surface area contributed by atoms with Crippen molar-refractivity contribution < 1.29 is 4.79 Å². The molecule has 2 aliphatic carbocycles. The van der Waals surface area contributed by atoms with Gasteiger partial charge in [0.1, 0.15) is 6.07 Å². The Morgan fingerprint density at radius 2 is 1.42 bits per heavy atom. The lowest BCUT2D eigenvalue weighted by molar-refractivity contribution is -0.105. The fraction of sp³-hybridized carbons (Fsp3) is 0.500. The number of nitriles is 1. The van der Waals surface area contributed by atoms with Crippen LogP contribution >= 0.6 is 0 Å². The quantitative estimate of drug-likeness (QED) is 0.825. The Morgan fingerprint density at radius 3 is 2.00 bits per heavy atom. The number of hydrogen-bond donors (Lipinski definition) is 1. The van der Waals surface area contributed by atoms with Gasteiger partial charge in [0, 0.05) is 0 Å². The third kappa shape index (κ3) is 1.92. The number of hydrogen-bond acceptors (Lipinski definition) is 2. The Hall–Kier alpha value is -1.82. The highest BCUT2D eigenvalue weighted by Gasteiger charge is 2.26. The van der Waals surface area contributed by atoms with Crippen LogP contribution in [0.25, 0.3) is 0 Å². The Labute approximate surface area is 113 Å². The molecule has 0 atom stereocenters. The minimum atomic E-state index is 0.709. The fourth-order valence-corrected chi connectivity index (χ4v) is 3.67. The van der Waals surface area contributed by atoms with Crippen LogP contribution in [0.5, 0.6) is 0 Å². The summed E-state index contributed by atoms with van der Waals surface area (Å²) in [7, 11) is 0. The average Bonchev–Trinajstić information content (AvgIpc) is 2.48. The summed E-state index contributed by atoms with van der Waals surface area (Å²) in [4.78, 5) is 10.9. The van der Waals surface area contributed by atoms with Crippen LogP contribution < -0.4 is 5.32 Å². The second kappa shape index (κ2) is 5.05. The van der Waals surface area contributed by atoms with Crippen molar-refractivity contribution in [2.24, 2.45) is 0 Å². The average molecular weight is 254 g/mol. The normalized spacial score (nSPS) is 17.0. The van der Waals surface area contributed by atoms with Crippen LogP contribution in [-0.4, -0.2) is 6.41 Å². The van der Waals surface area contributed by atoms with Gasteiger partial charge in [0.05, 0.1) is 11.3 Å². The Bertz CT molecular complexity index is 569. The molecule has 3 heteroatoms. The maximum Gasteiger partial charge on any atom is 0.211 e. The van der Waals surface area contributed by atoms with Gasteiger partial charge in [-0.05, 0) is 73.6 Å². The molecular weight excluding hydrogens is 236 g/mol. The number of nitrogens with zero attached hydrogens (tertiary/aromatic N) is 1. The van der Waals surface area contributed by atoms with Crippen LogP contribution in [0.4, 0.5) is 5.69 Å². The van der Waals surface area contributed by atoms with Gasteiger partial charge in [0.2, 0.25) is 6.41 Å². The number of nitrogens with one attached hydrogen (secondary N) is 1. The molecule has 0 saturated heterocycles. The highest BCUT2D eigenvalue weighted by atomic mass is 16.1. The molecule has 0 aromatic heterocycles. The smallest absolute Gasteiger partial charge is 0.211 e. The predicted molar refractivity (Wildman–Crippen MR) is 74.1 cm³/mol. The van der Waals surface area contributed by atoms with Crippen LogP contribution in [0, 0.1) is 11.3 Å². The van der Waals surface area contributed by atoms with Crippen LogP contribution in [0.15, 0.2) is 0 Å². The number of fused-ring (bicyclic) bond motifs is 3. The number of rotatable bonds is 2.